The number of aromatic nitrogens is 5. The molecule has 0 fully saturated rings. The van der Waals surface area contributed by atoms with E-state index in [9.17, 15) is 4.79 Å². The fourth-order valence-electron chi connectivity index (χ4n) is 4.63. The lowest BCUT2D eigenvalue weighted by molar-refractivity contribution is 0.161. The van der Waals surface area contributed by atoms with Crippen molar-refractivity contribution in [1.29, 1.82) is 0 Å². The van der Waals surface area contributed by atoms with E-state index in [1.807, 2.05) is 30.3 Å². The molecule has 0 saturated heterocycles. The Kier molecular flexibility index (Phi) is 6.77. The quantitative estimate of drug-likeness (QED) is 0.320. The van der Waals surface area contributed by atoms with Crippen LogP contribution in [-0.4, -0.2) is 30.1 Å². The summed E-state index contributed by atoms with van der Waals surface area (Å²) >= 11 is 0. The number of nitrogens with one attached hydrogen (secondary N) is 1. The Morgan fingerprint density at radius 2 is 1.83 bits per heavy atom. The fourth-order valence-corrected chi connectivity index (χ4v) is 4.63. The number of fused-ring (bicyclic) bond motifs is 1. The zero-order valence-corrected chi connectivity index (χ0v) is 20.8. The Labute approximate surface area is 209 Å². The smallest absolute Gasteiger partial charge is 0.252 e. The number of benzene rings is 2. The summed E-state index contributed by atoms with van der Waals surface area (Å²) in [7, 11) is 0. The predicted molar refractivity (Wildman–Crippen MR) is 138 cm³/mol. The number of furan rings is 1. The molecule has 36 heavy (non-hydrogen) atoms. The van der Waals surface area contributed by atoms with E-state index in [-0.39, 0.29) is 11.6 Å². The highest BCUT2D eigenvalue weighted by molar-refractivity contribution is 5.79. The summed E-state index contributed by atoms with van der Waals surface area (Å²) in [5.41, 5.74) is 5.00. The zero-order chi connectivity index (χ0) is 25.1. The summed E-state index contributed by atoms with van der Waals surface area (Å²) in [5.74, 6) is 1.53. The molecule has 0 radical (unpaired) electrons. The summed E-state index contributed by atoms with van der Waals surface area (Å²) in [6.07, 6.45) is 2.42. The van der Waals surface area contributed by atoms with Gasteiger partial charge in [-0.2, -0.15) is 0 Å². The van der Waals surface area contributed by atoms with Gasteiger partial charge in [-0.3, -0.25) is 9.69 Å². The van der Waals surface area contributed by atoms with Crippen molar-refractivity contribution in [3.05, 3.63) is 111 Å². The second-order valence-electron chi connectivity index (χ2n) is 9.30. The van der Waals surface area contributed by atoms with Crippen LogP contribution in [0.4, 0.5) is 0 Å². The lowest BCUT2D eigenvalue weighted by atomic mass is 10.1. The molecule has 0 amide bonds. The van der Waals surface area contributed by atoms with Gasteiger partial charge in [0.2, 0.25) is 0 Å². The molecule has 1 atom stereocenters. The maximum atomic E-state index is 13.1. The fraction of sp³-hybridized carbons (Fsp3) is 0.286. The van der Waals surface area contributed by atoms with Gasteiger partial charge in [-0.1, -0.05) is 48.4 Å². The molecule has 0 saturated carbocycles. The SMILES string of the molecule is CC[C@@H](c1nnnn1Cc1ccco1)N(Cc1ccc(C)cc1)Cc1cc2cc(C)ccc2[nH]c1=O. The van der Waals surface area contributed by atoms with Gasteiger partial charge in [0.15, 0.2) is 5.82 Å². The number of tetrazole rings is 1. The molecule has 3 aromatic heterocycles. The molecule has 5 rings (SSSR count). The molecule has 0 spiro atoms. The highest BCUT2D eigenvalue weighted by atomic mass is 16.3. The van der Waals surface area contributed by atoms with Gasteiger partial charge >= 0.3 is 0 Å². The number of H-pyrrole nitrogens is 1. The molecular formula is C28H30N6O2. The molecule has 0 aliphatic rings. The molecule has 5 aromatic rings. The van der Waals surface area contributed by atoms with E-state index in [4.69, 9.17) is 4.42 Å². The molecule has 0 unspecified atom stereocenters. The Morgan fingerprint density at radius 1 is 1.03 bits per heavy atom. The van der Waals surface area contributed by atoms with Gasteiger partial charge in [-0.25, -0.2) is 4.68 Å². The van der Waals surface area contributed by atoms with Gasteiger partial charge in [-0.05, 0) is 72.0 Å². The van der Waals surface area contributed by atoms with Crippen LogP contribution in [0.5, 0.6) is 0 Å². The molecule has 184 valence electrons. The van der Waals surface area contributed by atoms with E-state index in [1.165, 1.54) is 5.56 Å². The largest absolute Gasteiger partial charge is 0.467 e. The minimum Gasteiger partial charge on any atom is -0.467 e. The topological polar surface area (TPSA) is 92.8 Å². The third-order valence-electron chi connectivity index (χ3n) is 6.53. The van der Waals surface area contributed by atoms with Gasteiger partial charge < -0.3 is 9.40 Å². The van der Waals surface area contributed by atoms with Crippen molar-refractivity contribution in [3.63, 3.8) is 0 Å². The Hall–Kier alpha value is -4.04. The average Bonchev–Trinajstić information content (AvgIpc) is 3.55. The van der Waals surface area contributed by atoms with Crippen molar-refractivity contribution in [2.75, 3.05) is 0 Å². The van der Waals surface area contributed by atoms with Crippen LogP contribution < -0.4 is 5.56 Å². The maximum Gasteiger partial charge on any atom is 0.252 e. The van der Waals surface area contributed by atoms with Crippen LogP contribution in [0.25, 0.3) is 10.9 Å². The second kappa shape index (κ2) is 10.3. The summed E-state index contributed by atoms with van der Waals surface area (Å²) in [5, 5.41) is 13.6. The lowest BCUT2D eigenvalue weighted by Crippen LogP contribution is -2.32. The number of hydrogen-bond donors (Lipinski definition) is 1. The molecule has 0 aliphatic heterocycles. The molecule has 1 N–H and O–H groups in total. The number of rotatable bonds is 9. The first-order chi connectivity index (χ1) is 17.5. The summed E-state index contributed by atoms with van der Waals surface area (Å²) in [6, 6.07) is 20.2. The molecule has 0 bridgehead atoms. The van der Waals surface area contributed by atoms with Gasteiger partial charge in [0.1, 0.15) is 12.3 Å². The van der Waals surface area contributed by atoms with Crippen molar-refractivity contribution < 1.29 is 4.42 Å². The Bertz CT molecular complexity index is 1500. The van der Waals surface area contributed by atoms with Gasteiger partial charge in [0, 0.05) is 24.2 Å². The first kappa shape index (κ1) is 23.7. The standard InChI is InChI=1S/C28H30N6O2/c1-4-26(27-30-31-32-34(27)18-24-6-5-13-36-24)33(16-21-10-7-19(2)8-11-21)17-23-15-22-14-20(3)9-12-25(22)29-28(23)35/h5-15,26H,4,16-18H2,1-3H3,(H,29,35)/t26-/m0/s1. The van der Waals surface area contributed by atoms with Gasteiger partial charge in [0.25, 0.3) is 5.56 Å². The minimum absolute atomic E-state index is 0.0784. The molecule has 8 nitrogen and oxygen atoms in total. The number of nitrogens with zero attached hydrogens (tertiary/aromatic N) is 5. The first-order valence-electron chi connectivity index (χ1n) is 12.2. The Balaban J connectivity index is 1.52. The molecular weight excluding hydrogens is 452 g/mol. The minimum atomic E-state index is -0.108. The third-order valence-corrected chi connectivity index (χ3v) is 6.53. The van der Waals surface area contributed by atoms with Crippen molar-refractivity contribution in [1.82, 2.24) is 30.1 Å². The van der Waals surface area contributed by atoms with Crippen LogP contribution >= 0.6 is 0 Å². The molecule has 2 aromatic carbocycles. The van der Waals surface area contributed by atoms with Gasteiger partial charge in [-0.15, -0.1) is 5.10 Å². The highest BCUT2D eigenvalue weighted by Gasteiger charge is 2.26. The lowest BCUT2D eigenvalue weighted by Gasteiger charge is -2.30. The number of hydrogen-bond acceptors (Lipinski definition) is 6. The van der Waals surface area contributed by atoms with Gasteiger partial charge in [0.05, 0.1) is 12.3 Å². The van der Waals surface area contributed by atoms with Crippen molar-refractivity contribution in [2.24, 2.45) is 0 Å². The molecule has 3 heterocycles. The second-order valence-corrected chi connectivity index (χ2v) is 9.30. The maximum absolute atomic E-state index is 13.1. The van der Waals surface area contributed by atoms with Crippen LogP contribution in [-0.2, 0) is 19.6 Å². The molecule has 0 aliphatic carbocycles. The van der Waals surface area contributed by atoms with Crippen LogP contribution in [0.1, 0.15) is 53.2 Å². The monoisotopic (exact) mass is 482 g/mol. The van der Waals surface area contributed by atoms with E-state index < -0.39 is 0 Å². The number of aromatic amines is 1. The predicted octanol–water partition coefficient (Wildman–Crippen LogP) is 4.93. The number of pyridine rings is 1. The van der Waals surface area contributed by atoms with Crippen molar-refractivity contribution in [2.45, 2.75) is 52.9 Å². The van der Waals surface area contributed by atoms with Crippen LogP contribution in [0.2, 0.25) is 0 Å². The van der Waals surface area contributed by atoms with Crippen LogP contribution in [0.3, 0.4) is 0 Å². The van der Waals surface area contributed by atoms with E-state index >= 15 is 0 Å². The van der Waals surface area contributed by atoms with E-state index in [0.717, 1.165) is 40.0 Å². The number of aryl methyl sites for hydroxylation is 2. The normalized spacial score (nSPS) is 12.4. The molecule has 8 heteroatoms. The summed E-state index contributed by atoms with van der Waals surface area (Å²) in [6.45, 7) is 7.80. The van der Waals surface area contributed by atoms with E-state index in [0.29, 0.717) is 25.2 Å². The third kappa shape index (κ3) is 5.13. The highest BCUT2D eigenvalue weighted by Crippen LogP contribution is 2.27. The summed E-state index contributed by atoms with van der Waals surface area (Å²) in [4.78, 5) is 18.4. The van der Waals surface area contributed by atoms with Crippen molar-refractivity contribution in [3.8, 4) is 0 Å². The van der Waals surface area contributed by atoms with Crippen molar-refractivity contribution >= 4 is 10.9 Å². The Morgan fingerprint density at radius 3 is 2.58 bits per heavy atom. The van der Waals surface area contributed by atoms with Crippen LogP contribution in [0, 0.1) is 13.8 Å². The van der Waals surface area contributed by atoms with Crippen LogP contribution in [0.15, 0.2) is 76.1 Å². The first-order valence-corrected chi connectivity index (χ1v) is 12.2. The summed E-state index contributed by atoms with van der Waals surface area (Å²) < 4.78 is 7.31. The zero-order valence-electron chi connectivity index (χ0n) is 20.8. The van der Waals surface area contributed by atoms with E-state index in [2.05, 4.69) is 76.5 Å². The average molecular weight is 483 g/mol. The van der Waals surface area contributed by atoms with E-state index in [1.54, 1.807) is 10.9 Å².